The van der Waals surface area contributed by atoms with Crippen LogP contribution in [0.1, 0.15) is 44.4 Å². The van der Waals surface area contributed by atoms with Gasteiger partial charge in [-0.25, -0.2) is 9.48 Å². The Balaban J connectivity index is 2.53. The van der Waals surface area contributed by atoms with Crippen molar-refractivity contribution in [2.24, 2.45) is 0 Å². The van der Waals surface area contributed by atoms with Crippen LogP contribution in [0.4, 0.5) is 0 Å². The summed E-state index contributed by atoms with van der Waals surface area (Å²) in [5, 5.41) is 7.46. The van der Waals surface area contributed by atoms with Gasteiger partial charge in [0.1, 0.15) is 12.7 Å². The quantitative estimate of drug-likeness (QED) is 0.373. The van der Waals surface area contributed by atoms with Crippen LogP contribution in [0.25, 0.3) is 0 Å². The molecule has 0 radical (unpaired) electrons. The lowest BCUT2D eigenvalue weighted by atomic mass is 9.97. The maximum absolute atomic E-state index is 11.8. The van der Waals surface area contributed by atoms with E-state index >= 15 is 0 Å². The topological polar surface area (TPSA) is 171 Å². The molecule has 0 bridgehead atoms. The first-order valence-corrected chi connectivity index (χ1v) is 9.34. The van der Waals surface area contributed by atoms with Crippen LogP contribution in [0.2, 0.25) is 0 Å². The van der Waals surface area contributed by atoms with Crippen molar-refractivity contribution in [1.29, 1.82) is 0 Å². The highest BCUT2D eigenvalue weighted by atomic mass is 16.7. The summed E-state index contributed by atoms with van der Waals surface area (Å²) < 4.78 is 32.4. The van der Waals surface area contributed by atoms with Gasteiger partial charge in [-0.15, -0.1) is 5.10 Å². The molecule has 0 aromatic carbocycles. The lowest BCUT2D eigenvalue weighted by Gasteiger charge is -2.44. The Hall–Kier alpha value is -3.55. The molecule has 0 spiro atoms. The molecule has 32 heavy (non-hydrogen) atoms. The Morgan fingerprint density at radius 2 is 1.47 bits per heavy atom. The second kappa shape index (κ2) is 10.7. The minimum absolute atomic E-state index is 0.180. The first kappa shape index (κ1) is 24.7. The molecule has 5 atom stereocenters. The summed E-state index contributed by atoms with van der Waals surface area (Å²) in [4.78, 5) is 58.4. The molecule has 176 valence electrons. The van der Waals surface area contributed by atoms with Crippen LogP contribution in [-0.2, 0) is 47.6 Å². The summed E-state index contributed by atoms with van der Waals surface area (Å²) in [6, 6.07) is 0. The molecule has 2 rings (SSSR count). The fourth-order valence-corrected chi connectivity index (χ4v) is 3.02. The third kappa shape index (κ3) is 6.23. The highest BCUT2D eigenvalue weighted by Crippen LogP contribution is 2.34. The van der Waals surface area contributed by atoms with E-state index in [4.69, 9.17) is 23.7 Å². The minimum Gasteiger partial charge on any atom is -0.464 e. The van der Waals surface area contributed by atoms with Crippen molar-refractivity contribution >= 4 is 29.8 Å². The van der Waals surface area contributed by atoms with Crippen LogP contribution >= 0.6 is 0 Å². The molecule has 0 N–H and O–H groups in total. The molecular weight excluding hydrogens is 434 g/mol. The van der Waals surface area contributed by atoms with Gasteiger partial charge in [-0.3, -0.25) is 19.2 Å². The molecule has 1 aromatic rings. The second-order valence-electron chi connectivity index (χ2n) is 6.67. The smallest absolute Gasteiger partial charge is 0.360 e. The minimum atomic E-state index is -1.37. The Kier molecular flexibility index (Phi) is 8.23. The number of carbonyl (C=O) groups is 5. The molecule has 0 amide bonds. The zero-order valence-electron chi connectivity index (χ0n) is 18.0. The van der Waals surface area contributed by atoms with Crippen LogP contribution in [0, 0.1) is 0 Å². The molecule has 1 aliphatic rings. The summed E-state index contributed by atoms with van der Waals surface area (Å²) in [7, 11) is 1.15. The number of rotatable bonds is 7. The van der Waals surface area contributed by atoms with Crippen molar-refractivity contribution in [3.8, 4) is 0 Å². The predicted molar refractivity (Wildman–Crippen MR) is 98.6 cm³/mol. The van der Waals surface area contributed by atoms with Crippen LogP contribution < -0.4 is 0 Å². The lowest BCUT2D eigenvalue weighted by molar-refractivity contribution is -0.270. The van der Waals surface area contributed by atoms with Gasteiger partial charge in [-0.05, 0) is 0 Å². The van der Waals surface area contributed by atoms with Crippen LogP contribution in [0.3, 0.4) is 0 Å². The maximum Gasteiger partial charge on any atom is 0.360 e. The summed E-state index contributed by atoms with van der Waals surface area (Å²) in [6.45, 7) is 4.08. The molecule has 0 unspecified atom stereocenters. The molecule has 1 aromatic heterocycles. The Morgan fingerprint density at radius 3 is 2.00 bits per heavy atom. The maximum atomic E-state index is 11.8. The first-order valence-electron chi connectivity index (χ1n) is 9.34. The number of esters is 5. The normalized spacial score (nSPS) is 24.7. The summed E-state index contributed by atoms with van der Waals surface area (Å²) >= 11 is 0. The lowest BCUT2D eigenvalue weighted by Crippen LogP contribution is -2.60. The Bertz CT molecular complexity index is 883. The molecule has 0 aliphatic carbocycles. The zero-order valence-corrected chi connectivity index (χ0v) is 18.0. The van der Waals surface area contributed by atoms with Crippen molar-refractivity contribution in [2.75, 3.05) is 13.7 Å². The van der Waals surface area contributed by atoms with E-state index in [1.807, 2.05) is 0 Å². The molecule has 0 saturated carbocycles. The highest BCUT2D eigenvalue weighted by Gasteiger charge is 2.53. The van der Waals surface area contributed by atoms with E-state index in [1.165, 1.54) is 0 Å². The van der Waals surface area contributed by atoms with E-state index in [-0.39, 0.29) is 5.69 Å². The van der Waals surface area contributed by atoms with E-state index < -0.39 is 67.1 Å². The zero-order chi connectivity index (χ0) is 24.0. The summed E-state index contributed by atoms with van der Waals surface area (Å²) in [5.74, 6) is -3.73. The van der Waals surface area contributed by atoms with Gasteiger partial charge in [0, 0.05) is 27.7 Å². The van der Waals surface area contributed by atoms with Crippen LogP contribution in [0.5, 0.6) is 0 Å². The Labute approximate surface area is 182 Å². The Morgan fingerprint density at radius 1 is 0.906 bits per heavy atom. The average Bonchev–Trinajstić information content (AvgIpc) is 3.17. The third-order valence-corrected chi connectivity index (χ3v) is 4.13. The van der Waals surface area contributed by atoms with Crippen molar-refractivity contribution in [1.82, 2.24) is 15.0 Å². The number of methoxy groups -OCH3 is 1. The van der Waals surface area contributed by atoms with Gasteiger partial charge in [0.2, 0.25) is 0 Å². The van der Waals surface area contributed by atoms with E-state index in [0.717, 1.165) is 45.7 Å². The third-order valence-electron chi connectivity index (χ3n) is 4.13. The number of carbonyl (C=O) groups excluding carboxylic acids is 5. The highest BCUT2D eigenvalue weighted by molar-refractivity contribution is 5.86. The van der Waals surface area contributed by atoms with E-state index in [1.54, 1.807) is 0 Å². The molecule has 1 saturated heterocycles. The van der Waals surface area contributed by atoms with Crippen molar-refractivity contribution < 1.29 is 52.4 Å². The van der Waals surface area contributed by atoms with Crippen molar-refractivity contribution in [3.63, 3.8) is 0 Å². The van der Waals surface area contributed by atoms with E-state index in [2.05, 4.69) is 15.0 Å². The molecule has 1 aliphatic heterocycles. The molecule has 2 heterocycles. The monoisotopic (exact) mass is 457 g/mol. The van der Waals surface area contributed by atoms with Gasteiger partial charge in [0.05, 0.1) is 13.3 Å². The number of hydrogen-bond acceptors (Lipinski definition) is 13. The van der Waals surface area contributed by atoms with Gasteiger partial charge in [0.15, 0.2) is 30.2 Å². The van der Waals surface area contributed by atoms with Crippen molar-refractivity contribution in [3.05, 3.63) is 11.9 Å². The summed E-state index contributed by atoms with van der Waals surface area (Å²) in [5.41, 5.74) is -0.180. The molecule has 1 fully saturated rings. The predicted octanol–water partition coefficient (Wildman–Crippen LogP) is -0.680. The van der Waals surface area contributed by atoms with E-state index in [0.29, 0.717) is 0 Å². The number of hydrogen-bond donors (Lipinski definition) is 0. The number of ether oxygens (including phenoxy) is 6. The van der Waals surface area contributed by atoms with Gasteiger partial charge >= 0.3 is 29.8 Å². The van der Waals surface area contributed by atoms with Gasteiger partial charge < -0.3 is 28.4 Å². The molecular formula is C18H23N3O11. The van der Waals surface area contributed by atoms with Gasteiger partial charge in [0.25, 0.3) is 0 Å². The molecule has 14 nitrogen and oxygen atoms in total. The van der Waals surface area contributed by atoms with Crippen molar-refractivity contribution in [2.45, 2.75) is 58.3 Å². The van der Waals surface area contributed by atoms with Crippen LogP contribution in [-0.4, -0.2) is 83.0 Å². The summed E-state index contributed by atoms with van der Waals surface area (Å²) in [6.07, 6.45) is -5.35. The molecule has 14 heteroatoms. The standard InChI is InChI=1S/C18H23N3O11/c1-8(22)28-7-13-14(29-9(2)23)15(30-10(3)24)16(31-11(4)25)17(32-13)21-6-12(19-20-21)18(26)27-5/h6,13-17H,7H2,1-5H3/t13-,14+,15+,16-,17-/m1/s1. The van der Waals surface area contributed by atoms with E-state index in [9.17, 15) is 24.0 Å². The SMILES string of the molecule is COC(=O)c1cn([C@@H]2O[C@H](COC(C)=O)[C@H](OC(C)=O)[C@H](OC(C)=O)[C@H]2OC(C)=O)nn1. The van der Waals surface area contributed by atoms with Gasteiger partial charge in [-0.1, -0.05) is 5.21 Å². The van der Waals surface area contributed by atoms with Gasteiger partial charge in [-0.2, -0.15) is 0 Å². The first-order chi connectivity index (χ1) is 15.0. The fraction of sp³-hybridized carbons (Fsp3) is 0.611. The largest absolute Gasteiger partial charge is 0.464 e. The fourth-order valence-electron chi connectivity index (χ4n) is 3.02. The number of nitrogens with zero attached hydrogens (tertiary/aromatic N) is 3. The average molecular weight is 457 g/mol. The number of aromatic nitrogens is 3. The second-order valence-corrected chi connectivity index (χ2v) is 6.67. The van der Waals surface area contributed by atoms with Crippen LogP contribution in [0.15, 0.2) is 6.20 Å².